The molecular formula is C17H18N2O4. The number of fused-ring (bicyclic) bond motifs is 1. The Labute approximate surface area is 133 Å². The highest BCUT2D eigenvalue weighted by atomic mass is 16.6. The molecule has 120 valence electrons. The van der Waals surface area contributed by atoms with Gasteiger partial charge in [-0.15, -0.1) is 0 Å². The van der Waals surface area contributed by atoms with Gasteiger partial charge in [-0.1, -0.05) is 18.2 Å². The lowest BCUT2D eigenvalue weighted by Crippen LogP contribution is -2.24. The first kappa shape index (κ1) is 14.4. The third kappa shape index (κ3) is 2.63. The second-order valence-electron chi connectivity index (χ2n) is 6.41. The molecule has 6 nitrogen and oxygen atoms in total. The highest BCUT2D eigenvalue weighted by Crippen LogP contribution is 2.47. The fourth-order valence-corrected chi connectivity index (χ4v) is 3.24. The maximum atomic E-state index is 12.2. The summed E-state index contributed by atoms with van der Waals surface area (Å²) in [5.74, 6) is -0.326. The number of aryl methyl sites for hydroxylation is 1. The fraction of sp³-hybridized carbons (Fsp3) is 0.471. The predicted octanol–water partition coefficient (Wildman–Crippen LogP) is 1.34. The van der Waals surface area contributed by atoms with Crippen LogP contribution >= 0.6 is 0 Å². The van der Waals surface area contributed by atoms with Crippen molar-refractivity contribution in [2.45, 2.75) is 37.4 Å². The van der Waals surface area contributed by atoms with E-state index in [0.717, 1.165) is 19.3 Å². The van der Waals surface area contributed by atoms with E-state index < -0.39 is 0 Å². The van der Waals surface area contributed by atoms with Crippen LogP contribution in [-0.2, 0) is 27.7 Å². The van der Waals surface area contributed by atoms with Crippen molar-refractivity contribution in [3.05, 3.63) is 40.3 Å². The van der Waals surface area contributed by atoms with Crippen LogP contribution in [0.5, 0.6) is 0 Å². The SMILES string of the molecule is Cn1nc(CC(=O)OC2COC3(CC3)C2)c2ccccc2c1=O. The van der Waals surface area contributed by atoms with E-state index in [1.54, 1.807) is 19.2 Å². The van der Waals surface area contributed by atoms with E-state index in [0.29, 0.717) is 23.1 Å². The van der Waals surface area contributed by atoms with Crippen LogP contribution in [-0.4, -0.2) is 34.1 Å². The minimum absolute atomic E-state index is 0.00740. The molecule has 2 aliphatic rings. The molecule has 0 N–H and O–H groups in total. The number of rotatable bonds is 3. The smallest absolute Gasteiger partial charge is 0.312 e. The number of benzene rings is 1. The second kappa shape index (κ2) is 5.16. The Morgan fingerprint density at radius 3 is 2.83 bits per heavy atom. The van der Waals surface area contributed by atoms with Crippen LogP contribution < -0.4 is 5.56 Å². The molecule has 6 heteroatoms. The minimum atomic E-state index is -0.326. The Balaban J connectivity index is 1.54. The summed E-state index contributed by atoms with van der Waals surface area (Å²) >= 11 is 0. The number of carbonyl (C=O) groups is 1. The number of hydrogen-bond acceptors (Lipinski definition) is 5. The number of ether oxygens (including phenoxy) is 2. The fourth-order valence-electron chi connectivity index (χ4n) is 3.24. The first-order valence-corrected chi connectivity index (χ1v) is 7.85. The molecule has 0 radical (unpaired) electrons. The molecule has 1 atom stereocenters. The van der Waals surface area contributed by atoms with Crippen LogP contribution in [0.15, 0.2) is 29.1 Å². The standard InChI is InChI=1S/C17H18N2O4/c1-19-16(21)13-5-3-2-4-12(13)14(18-19)8-15(20)23-11-9-17(6-7-17)22-10-11/h2-5,11H,6-10H2,1H3. The van der Waals surface area contributed by atoms with Gasteiger partial charge >= 0.3 is 5.97 Å². The Morgan fingerprint density at radius 2 is 2.13 bits per heavy atom. The van der Waals surface area contributed by atoms with Gasteiger partial charge in [0.25, 0.3) is 5.56 Å². The number of hydrogen-bond donors (Lipinski definition) is 0. The average Bonchev–Trinajstić information content (AvgIpc) is 3.18. The van der Waals surface area contributed by atoms with Gasteiger partial charge in [0.2, 0.25) is 0 Å². The normalized spacial score (nSPS) is 21.7. The highest BCUT2D eigenvalue weighted by Gasteiger charge is 2.51. The van der Waals surface area contributed by atoms with Gasteiger partial charge in [0, 0.05) is 18.9 Å². The van der Waals surface area contributed by atoms with E-state index in [1.165, 1.54) is 4.68 Å². The molecule has 1 saturated carbocycles. The maximum Gasteiger partial charge on any atom is 0.312 e. The molecule has 2 aromatic rings. The van der Waals surface area contributed by atoms with Gasteiger partial charge in [-0.3, -0.25) is 9.59 Å². The molecule has 2 fully saturated rings. The molecule has 2 heterocycles. The summed E-state index contributed by atoms with van der Waals surface area (Å²) in [5.41, 5.74) is 0.386. The monoisotopic (exact) mass is 314 g/mol. The minimum Gasteiger partial charge on any atom is -0.459 e. The van der Waals surface area contributed by atoms with Crippen molar-refractivity contribution in [1.82, 2.24) is 9.78 Å². The van der Waals surface area contributed by atoms with E-state index in [9.17, 15) is 9.59 Å². The summed E-state index contributed by atoms with van der Waals surface area (Å²) in [6.45, 7) is 0.479. The van der Waals surface area contributed by atoms with Crippen LogP contribution in [0.4, 0.5) is 0 Å². The molecule has 0 amide bonds. The summed E-state index contributed by atoms with van der Waals surface area (Å²) in [7, 11) is 1.59. The van der Waals surface area contributed by atoms with Crippen LogP contribution in [0.2, 0.25) is 0 Å². The molecule has 4 rings (SSSR count). The second-order valence-corrected chi connectivity index (χ2v) is 6.41. The van der Waals surface area contributed by atoms with Crippen molar-refractivity contribution >= 4 is 16.7 Å². The van der Waals surface area contributed by atoms with Crippen LogP contribution in [0.1, 0.15) is 25.0 Å². The third-order valence-electron chi connectivity index (χ3n) is 4.63. The maximum absolute atomic E-state index is 12.2. The Hall–Kier alpha value is -2.21. The zero-order chi connectivity index (χ0) is 16.0. The van der Waals surface area contributed by atoms with Gasteiger partial charge in [0.05, 0.1) is 29.7 Å². The van der Waals surface area contributed by atoms with Crippen molar-refractivity contribution in [3.63, 3.8) is 0 Å². The third-order valence-corrected chi connectivity index (χ3v) is 4.63. The lowest BCUT2D eigenvalue weighted by atomic mass is 10.1. The van der Waals surface area contributed by atoms with Crippen molar-refractivity contribution < 1.29 is 14.3 Å². The topological polar surface area (TPSA) is 70.4 Å². The van der Waals surface area contributed by atoms with E-state index in [1.807, 2.05) is 12.1 Å². The highest BCUT2D eigenvalue weighted by molar-refractivity contribution is 5.86. The van der Waals surface area contributed by atoms with Gasteiger partial charge in [0.1, 0.15) is 6.10 Å². The zero-order valence-corrected chi connectivity index (χ0v) is 12.9. The zero-order valence-electron chi connectivity index (χ0n) is 12.9. The Morgan fingerprint density at radius 1 is 1.39 bits per heavy atom. The molecular weight excluding hydrogens is 296 g/mol. The van der Waals surface area contributed by atoms with E-state index in [4.69, 9.17) is 9.47 Å². The van der Waals surface area contributed by atoms with Crippen LogP contribution in [0.3, 0.4) is 0 Å². The molecule has 23 heavy (non-hydrogen) atoms. The summed E-state index contributed by atoms with van der Waals surface area (Å²) in [4.78, 5) is 24.3. The quantitative estimate of drug-likeness (QED) is 0.800. The van der Waals surface area contributed by atoms with Crippen molar-refractivity contribution in [3.8, 4) is 0 Å². The molecule has 1 unspecified atom stereocenters. The Bertz CT molecular complexity index is 838. The van der Waals surface area contributed by atoms with Gasteiger partial charge in [-0.2, -0.15) is 5.10 Å². The van der Waals surface area contributed by atoms with Gasteiger partial charge in [-0.05, 0) is 18.9 Å². The number of esters is 1. The summed E-state index contributed by atoms with van der Waals surface area (Å²) < 4.78 is 12.5. The van der Waals surface area contributed by atoms with E-state index in [2.05, 4.69) is 5.10 Å². The molecule has 1 aliphatic heterocycles. The number of nitrogens with zero attached hydrogens (tertiary/aromatic N) is 2. The van der Waals surface area contributed by atoms with Gasteiger partial charge in [0.15, 0.2) is 0 Å². The lowest BCUT2D eigenvalue weighted by Gasteiger charge is -2.11. The van der Waals surface area contributed by atoms with Gasteiger partial charge < -0.3 is 9.47 Å². The molecule has 0 bridgehead atoms. The summed E-state index contributed by atoms with van der Waals surface area (Å²) in [6, 6.07) is 7.19. The summed E-state index contributed by atoms with van der Waals surface area (Å²) in [6.07, 6.45) is 2.81. The number of carbonyl (C=O) groups excluding carboxylic acids is 1. The molecule has 1 aromatic heterocycles. The van der Waals surface area contributed by atoms with E-state index >= 15 is 0 Å². The van der Waals surface area contributed by atoms with Crippen molar-refractivity contribution in [2.75, 3.05) is 6.61 Å². The van der Waals surface area contributed by atoms with Gasteiger partial charge in [-0.25, -0.2) is 4.68 Å². The van der Waals surface area contributed by atoms with E-state index in [-0.39, 0.29) is 29.7 Å². The van der Waals surface area contributed by atoms with Crippen molar-refractivity contribution in [2.24, 2.45) is 7.05 Å². The lowest BCUT2D eigenvalue weighted by molar-refractivity contribution is -0.148. The predicted molar refractivity (Wildman–Crippen MR) is 83.1 cm³/mol. The number of aromatic nitrogens is 2. The Kier molecular flexibility index (Phi) is 3.23. The van der Waals surface area contributed by atoms with Crippen molar-refractivity contribution in [1.29, 1.82) is 0 Å². The summed E-state index contributed by atoms with van der Waals surface area (Å²) in [5, 5.41) is 5.49. The van der Waals surface area contributed by atoms with Crippen LogP contribution in [0.25, 0.3) is 10.8 Å². The first-order valence-electron chi connectivity index (χ1n) is 7.85. The average molecular weight is 314 g/mol. The first-order chi connectivity index (χ1) is 11.1. The van der Waals surface area contributed by atoms with Crippen LogP contribution in [0, 0.1) is 0 Å². The molecule has 1 spiro atoms. The molecule has 1 saturated heterocycles. The largest absolute Gasteiger partial charge is 0.459 e. The molecule has 1 aromatic carbocycles. The molecule has 1 aliphatic carbocycles.